The van der Waals surface area contributed by atoms with Gasteiger partial charge in [0.1, 0.15) is 13.2 Å². The van der Waals surface area contributed by atoms with E-state index in [9.17, 15) is 14.4 Å². The highest BCUT2D eigenvalue weighted by atomic mass is 16.6. The summed E-state index contributed by atoms with van der Waals surface area (Å²) in [6.45, 7) is 6.45. The first-order valence-corrected chi connectivity index (χ1v) is 24.3. The first-order valence-electron chi connectivity index (χ1n) is 24.3. The van der Waals surface area contributed by atoms with Crippen molar-refractivity contribution >= 4 is 17.9 Å². The lowest BCUT2D eigenvalue weighted by atomic mass is 10.1. The summed E-state index contributed by atoms with van der Waals surface area (Å²) in [5.74, 6) is -0.911. The number of esters is 3. The van der Waals surface area contributed by atoms with Gasteiger partial charge < -0.3 is 14.2 Å². The third-order valence-corrected chi connectivity index (χ3v) is 10.3. The second-order valence-corrected chi connectivity index (χ2v) is 16.0. The highest BCUT2D eigenvalue weighted by Gasteiger charge is 2.19. The van der Waals surface area contributed by atoms with Gasteiger partial charge >= 0.3 is 17.9 Å². The Balaban J connectivity index is 4.30. The van der Waals surface area contributed by atoms with Crippen LogP contribution >= 0.6 is 0 Å². The van der Waals surface area contributed by atoms with E-state index in [1.54, 1.807) is 0 Å². The molecular formula is C52H90O6. The van der Waals surface area contributed by atoms with Gasteiger partial charge in [0.25, 0.3) is 0 Å². The van der Waals surface area contributed by atoms with Gasteiger partial charge in [-0.15, -0.1) is 0 Å². The molecule has 0 fully saturated rings. The summed E-state index contributed by atoms with van der Waals surface area (Å²) in [5.41, 5.74) is 0. The predicted molar refractivity (Wildman–Crippen MR) is 247 cm³/mol. The zero-order valence-electron chi connectivity index (χ0n) is 38.0. The lowest BCUT2D eigenvalue weighted by Gasteiger charge is -2.18. The summed E-state index contributed by atoms with van der Waals surface area (Å²) in [5, 5.41) is 0. The Labute approximate surface area is 358 Å². The molecule has 0 N–H and O–H groups in total. The Hall–Kier alpha value is -2.89. The normalized spacial score (nSPS) is 12.5. The fourth-order valence-corrected chi connectivity index (χ4v) is 6.60. The highest BCUT2D eigenvalue weighted by Crippen LogP contribution is 2.14. The Kier molecular flexibility index (Phi) is 44.5. The number of unbranched alkanes of at least 4 members (excludes halogenated alkanes) is 22. The molecule has 1 unspecified atom stereocenters. The van der Waals surface area contributed by atoms with Crippen LogP contribution in [0.4, 0.5) is 0 Å². The second-order valence-electron chi connectivity index (χ2n) is 16.0. The fraction of sp³-hybridized carbons (Fsp3) is 0.750. The van der Waals surface area contributed by atoms with Gasteiger partial charge in [0, 0.05) is 19.3 Å². The zero-order chi connectivity index (χ0) is 42.3. The molecule has 0 rings (SSSR count). The topological polar surface area (TPSA) is 78.9 Å². The minimum absolute atomic E-state index is 0.0818. The lowest BCUT2D eigenvalue weighted by Crippen LogP contribution is -2.30. The number of ether oxygens (including phenoxy) is 3. The number of allylic oxidation sites excluding steroid dienone is 10. The highest BCUT2D eigenvalue weighted by molar-refractivity contribution is 5.71. The van der Waals surface area contributed by atoms with Crippen LogP contribution in [-0.4, -0.2) is 37.2 Å². The van der Waals surface area contributed by atoms with Crippen molar-refractivity contribution in [1.29, 1.82) is 0 Å². The van der Waals surface area contributed by atoms with Gasteiger partial charge in [-0.05, 0) is 83.5 Å². The van der Waals surface area contributed by atoms with Crippen molar-refractivity contribution in [2.45, 2.75) is 239 Å². The maximum absolute atomic E-state index is 12.7. The van der Waals surface area contributed by atoms with Crippen molar-refractivity contribution in [1.82, 2.24) is 0 Å². The molecule has 6 heteroatoms. The molecule has 6 nitrogen and oxygen atoms in total. The van der Waals surface area contributed by atoms with E-state index < -0.39 is 6.10 Å². The van der Waals surface area contributed by atoms with Crippen LogP contribution in [-0.2, 0) is 28.6 Å². The number of carbonyl (C=O) groups is 3. The van der Waals surface area contributed by atoms with E-state index in [4.69, 9.17) is 14.2 Å². The molecule has 0 aromatic heterocycles. The lowest BCUT2D eigenvalue weighted by molar-refractivity contribution is -0.167. The average Bonchev–Trinajstić information content (AvgIpc) is 3.22. The Morgan fingerprint density at radius 1 is 0.362 bits per heavy atom. The molecule has 0 heterocycles. The molecule has 0 bridgehead atoms. The molecule has 0 saturated carbocycles. The van der Waals surface area contributed by atoms with Crippen molar-refractivity contribution in [2.24, 2.45) is 0 Å². The van der Waals surface area contributed by atoms with Crippen LogP contribution < -0.4 is 0 Å². The number of carbonyl (C=O) groups excluding carboxylic acids is 3. The molecule has 0 aromatic carbocycles. The summed E-state index contributed by atoms with van der Waals surface area (Å²) in [7, 11) is 0. The molecule has 0 aromatic rings. The molecule has 58 heavy (non-hydrogen) atoms. The Morgan fingerprint density at radius 2 is 0.672 bits per heavy atom. The number of hydrogen-bond acceptors (Lipinski definition) is 6. The quantitative estimate of drug-likeness (QED) is 0.0264. The fourth-order valence-electron chi connectivity index (χ4n) is 6.60. The molecule has 1 atom stereocenters. The van der Waals surface area contributed by atoms with Crippen LogP contribution in [0.3, 0.4) is 0 Å². The van der Waals surface area contributed by atoms with E-state index in [0.717, 1.165) is 103 Å². The van der Waals surface area contributed by atoms with E-state index in [1.807, 2.05) is 0 Å². The van der Waals surface area contributed by atoms with Crippen LogP contribution in [0.5, 0.6) is 0 Å². The predicted octanol–water partition coefficient (Wildman–Crippen LogP) is 15.7. The first-order chi connectivity index (χ1) is 28.5. The SMILES string of the molecule is CC/C=C\C/C=C\C/C=C\C/C=C\CCCCCCCCC(=O)OCC(COC(=O)CCCCCCCCC)OC(=O)CCCCCCC/C=C\CCCCCCC. The van der Waals surface area contributed by atoms with Crippen molar-refractivity contribution in [3.05, 3.63) is 60.8 Å². The third kappa shape index (κ3) is 44.2. The van der Waals surface area contributed by atoms with Crippen molar-refractivity contribution < 1.29 is 28.6 Å². The van der Waals surface area contributed by atoms with Crippen LogP contribution in [0.15, 0.2) is 60.8 Å². The Morgan fingerprint density at radius 3 is 1.07 bits per heavy atom. The molecule has 0 aliphatic heterocycles. The first kappa shape index (κ1) is 55.1. The van der Waals surface area contributed by atoms with E-state index in [2.05, 4.69) is 81.5 Å². The van der Waals surface area contributed by atoms with Gasteiger partial charge in [-0.2, -0.15) is 0 Å². The minimum atomic E-state index is -0.780. The van der Waals surface area contributed by atoms with E-state index in [1.165, 1.54) is 89.9 Å². The van der Waals surface area contributed by atoms with Crippen molar-refractivity contribution in [3.63, 3.8) is 0 Å². The molecular weight excluding hydrogens is 721 g/mol. The summed E-state index contributed by atoms with van der Waals surface area (Å²) < 4.78 is 16.7. The smallest absolute Gasteiger partial charge is 0.306 e. The molecule has 0 amide bonds. The molecule has 0 radical (unpaired) electrons. The van der Waals surface area contributed by atoms with Crippen LogP contribution in [0.25, 0.3) is 0 Å². The second kappa shape index (κ2) is 46.8. The largest absolute Gasteiger partial charge is 0.462 e. The van der Waals surface area contributed by atoms with Crippen LogP contribution in [0.1, 0.15) is 233 Å². The van der Waals surface area contributed by atoms with E-state index in [-0.39, 0.29) is 31.1 Å². The monoisotopic (exact) mass is 811 g/mol. The van der Waals surface area contributed by atoms with Crippen LogP contribution in [0, 0.1) is 0 Å². The maximum Gasteiger partial charge on any atom is 0.306 e. The standard InChI is InChI=1S/C52H90O6/c1-4-7-10-13-16-18-20-22-24-25-26-27-28-30-31-33-36-39-42-45-51(54)57-48-49(47-56-50(53)44-41-38-35-15-12-9-6-3)58-52(55)46-43-40-37-34-32-29-23-21-19-17-14-11-8-5-2/h7,10,16,18,21-24,26-27,49H,4-6,8-9,11-15,17,19-20,25,28-48H2,1-3H3/b10-7-,18-16-,23-21-,24-22-,27-26-. The Bertz CT molecular complexity index is 1070. The maximum atomic E-state index is 12.7. The molecule has 0 saturated heterocycles. The number of hydrogen-bond donors (Lipinski definition) is 0. The van der Waals surface area contributed by atoms with Crippen molar-refractivity contribution in [3.8, 4) is 0 Å². The molecule has 0 aliphatic carbocycles. The van der Waals surface area contributed by atoms with Crippen molar-refractivity contribution in [2.75, 3.05) is 13.2 Å². The summed E-state index contributed by atoms with van der Waals surface area (Å²) in [6.07, 6.45) is 56.4. The van der Waals surface area contributed by atoms with E-state index in [0.29, 0.717) is 19.3 Å². The van der Waals surface area contributed by atoms with Crippen LogP contribution in [0.2, 0.25) is 0 Å². The van der Waals surface area contributed by atoms with Gasteiger partial charge in [-0.1, -0.05) is 191 Å². The third-order valence-electron chi connectivity index (χ3n) is 10.3. The van der Waals surface area contributed by atoms with Gasteiger partial charge in [0.05, 0.1) is 0 Å². The van der Waals surface area contributed by atoms with Gasteiger partial charge in [0.15, 0.2) is 6.10 Å². The molecule has 0 aliphatic rings. The summed E-state index contributed by atoms with van der Waals surface area (Å²) in [4.78, 5) is 37.7. The molecule has 0 spiro atoms. The zero-order valence-corrected chi connectivity index (χ0v) is 38.0. The number of rotatable bonds is 43. The average molecular weight is 811 g/mol. The van der Waals surface area contributed by atoms with Gasteiger partial charge in [-0.3, -0.25) is 14.4 Å². The molecule has 334 valence electrons. The van der Waals surface area contributed by atoms with Gasteiger partial charge in [-0.25, -0.2) is 0 Å². The summed E-state index contributed by atoms with van der Waals surface area (Å²) in [6, 6.07) is 0. The summed E-state index contributed by atoms with van der Waals surface area (Å²) >= 11 is 0. The van der Waals surface area contributed by atoms with Gasteiger partial charge in [0.2, 0.25) is 0 Å². The van der Waals surface area contributed by atoms with E-state index >= 15 is 0 Å². The minimum Gasteiger partial charge on any atom is -0.462 e.